The van der Waals surface area contributed by atoms with Crippen LogP contribution in [0.4, 0.5) is 15.0 Å². The first-order valence-electron chi connectivity index (χ1n) is 6.94. The van der Waals surface area contributed by atoms with Crippen molar-refractivity contribution in [2.24, 2.45) is 0 Å². The molecular weight excluding hydrogens is 309 g/mol. The SMILES string of the molecule is CCN(Cc1c(F)cccc1Cl)C(=O)Nc1cn(CC)nn1. The summed E-state index contributed by atoms with van der Waals surface area (Å²) < 4.78 is 15.4. The Hall–Kier alpha value is -2.15. The fourth-order valence-electron chi connectivity index (χ4n) is 1.90. The maximum atomic E-state index is 13.8. The molecule has 0 atom stereocenters. The molecule has 0 fully saturated rings. The number of aryl methyl sites for hydroxylation is 1. The van der Waals surface area contributed by atoms with E-state index in [0.717, 1.165) is 0 Å². The average Bonchev–Trinajstić information content (AvgIpc) is 2.94. The lowest BCUT2D eigenvalue weighted by Crippen LogP contribution is -2.34. The predicted molar refractivity (Wildman–Crippen MR) is 82.2 cm³/mol. The summed E-state index contributed by atoms with van der Waals surface area (Å²) in [6, 6.07) is 4.06. The highest BCUT2D eigenvalue weighted by Crippen LogP contribution is 2.21. The minimum Gasteiger partial charge on any atom is -0.320 e. The average molecular weight is 326 g/mol. The van der Waals surface area contributed by atoms with E-state index in [1.807, 2.05) is 6.92 Å². The number of hydrogen-bond donors (Lipinski definition) is 1. The van der Waals surface area contributed by atoms with Crippen molar-refractivity contribution < 1.29 is 9.18 Å². The van der Waals surface area contributed by atoms with Crippen LogP contribution in [-0.4, -0.2) is 32.5 Å². The second-order valence-corrected chi connectivity index (χ2v) is 5.01. The quantitative estimate of drug-likeness (QED) is 0.918. The van der Waals surface area contributed by atoms with Crippen molar-refractivity contribution in [2.45, 2.75) is 26.9 Å². The Labute approximate surface area is 132 Å². The predicted octanol–water partition coefficient (Wildman–Crippen LogP) is 3.14. The van der Waals surface area contributed by atoms with Gasteiger partial charge in [-0.05, 0) is 26.0 Å². The molecule has 0 unspecified atom stereocenters. The van der Waals surface area contributed by atoms with Crippen molar-refractivity contribution in [1.82, 2.24) is 19.9 Å². The summed E-state index contributed by atoms with van der Waals surface area (Å²) in [7, 11) is 0. The molecule has 0 bridgehead atoms. The van der Waals surface area contributed by atoms with Crippen LogP contribution in [0.1, 0.15) is 19.4 Å². The summed E-state index contributed by atoms with van der Waals surface area (Å²) >= 11 is 5.99. The van der Waals surface area contributed by atoms with Gasteiger partial charge in [-0.1, -0.05) is 22.9 Å². The van der Waals surface area contributed by atoms with Crippen LogP contribution in [0, 0.1) is 5.82 Å². The second kappa shape index (κ2) is 7.22. The van der Waals surface area contributed by atoms with Crippen molar-refractivity contribution in [1.29, 1.82) is 0 Å². The normalized spacial score (nSPS) is 10.5. The standard InChI is InChI=1S/C14H17ClFN5O/c1-3-20(8-10-11(15)6-5-7-12(10)16)14(22)17-13-9-21(4-2)19-18-13/h5-7,9H,3-4,8H2,1-2H3,(H,17,22). The minimum atomic E-state index is -0.435. The van der Waals surface area contributed by atoms with Gasteiger partial charge in [0, 0.05) is 23.7 Å². The summed E-state index contributed by atoms with van der Waals surface area (Å²) in [5.41, 5.74) is 0.290. The Bertz CT molecular complexity index is 640. The molecule has 1 heterocycles. The summed E-state index contributed by atoms with van der Waals surface area (Å²) in [5.74, 6) is -0.0828. The third kappa shape index (κ3) is 3.73. The van der Waals surface area contributed by atoms with Crippen LogP contribution in [-0.2, 0) is 13.1 Å². The molecule has 0 aliphatic rings. The Kier molecular flexibility index (Phi) is 5.32. The maximum absolute atomic E-state index is 13.8. The van der Waals surface area contributed by atoms with E-state index in [2.05, 4.69) is 15.6 Å². The van der Waals surface area contributed by atoms with Crippen molar-refractivity contribution >= 4 is 23.4 Å². The van der Waals surface area contributed by atoms with Crippen LogP contribution in [0.5, 0.6) is 0 Å². The lowest BCUT2D eigenvalue weighted by molar-refractivity contribution is 0.211. The molecule has 2 amide bonds. The zero-order valence-electron chi connectivity index (χ0n) is 12.4. The number of urea groups is 1. The number of aromatic nitrogens is 3. The first kappa shape index (κ1) is 16.2. The fraction of sp³-hybridized carbons (Fsp3) is 0.357. The van der Waals surface area contributed by atoms with Crippen molar-refractivity contribution in [3.05, 3.63) is 40.8 Å². The van der Waals surface area contributed by atoms with E-state index in [0.29, 0.717) is 29.5 Å². The third-order valence-corrected chi connectivity index (χ3v) is 3.53. The van der Waals surface area contributed by atoms with E-state index in [1.165, 1.54) is 17.0 Å². The van der Waals surface area contributed by atoms with E-state index in [9.17, 15) is 9.18 Å². The molecule has 0 aliphatic carbocycles. The summed E-state index contributed by atoms with van der Waals surface area (Å²) in [5, 5.41) is 10.6. The highest BCUT2D eigenvalue weighted by atomic mass is 35.5. The van der Waals surface area contributed by atoms with Crippen molar-refractivity contribution in [2.75, 3.05) is 11.9 Å². The third-order valence-electron chi connectivity index (χ3n) is 3.18. The molecule has 0 spiro atoms. The van der Waals surface area contributed by atoms with Crippen LogP contribution in [0.25, 0.3) is 0 Å². The number of nitrogens with one attached hydrogen (secondary N) is 1. The topological polar surface area (TPSA) is 63.1 Å². The number of carbonyl (C=O) groups is 1. The molecule has 2 rings (SSSR count). The van der Waals surface area contributed by atoms with Crippen molar-refractivity contribution in [3.63, 3.8) is 0 Å². The molecule has 8 heteroatoms. The number of anilines is 1. The number of benzene rings is 1. The molecule has 118 valence electrons. The van der Waals surface area contributed by atoms with Gasteiger partial charge in [-0.3, -0.25) is 10.00 Å². The number of hydrogen-bond acceptors (Lipinski definition) is 3. The Morgan fingerprint density at radius 2 is 2.23 bits per heavy atom. The van der Waals surface area contributed by atoms with Gasteiger partial charge in [0.05, 0.1) is 12.7 Å². The first-order chi connectivity index (χ1) is 10.5. The molecule has 0 radical (unpaired) electrons. The molecular formula is C14H17ClFN5O. The van der Waals surface area contributed by atoms with Gasteiger partial charge in [0.25, 0.3) is 0 Å². The van der Waals surface area contributed by atoms with E-state index in [4.69, 9.17) is 11.6 Å². The van der Waals surface area contributed by atoms with Crippen LogP contribution in [0.2, 0.25) is 5.02 Å². The van der Waals surface area contributed by atoms with E-state index in [-0.39, 0.29) is 12.6 Å². The monoisotopic (exact) mass is 325 g/mol. The number of nitrogens with zero attached hydrogens (tertiary/aromatic N) is 4. The molecule has 6 nitrogen and oxygen atoms in total. The Balaban J connectivity index is 2.09. The lowest BCUT2D eigenvalue weighted by Gasteiger charge is -2.21. The van der Waals surface area contributed by atoms with Gasteiger partial charge < -0.3 is 4.90 Å². The molecule has 22 heavy (non-hydrogen) atoms. The molecule has 2 aromatic rings. The van der Waals surface area contributed by atoms with E-state index >= 15 is 0 Å². The van der Waals surface area contributed by atoms with Crippen LogP contribution < -0.4 is 5.32 Å². The number of amides is 2. The van der Waals surface area contributed by atoms with Gasteiger partial charge in [-0.15, -0.1) is 5.10 Å². The summed E-state index contributed by atoms with van der Waals surface area (Å²) in [4.78, 5) is 13.7. The lowest BCUT2D eigenvalue weighted by atomic mass is 10.2. The smallest absolute Gasteiger partial charge is 0.320 e. The summed E-state index contributed by atoms with van der Waals surface area (Å²) in [6.45, 7) is 4.86. The molecule has 0 saturated heterocycles. The molecule has 0 saturated carbocycles. The van der Waals surface area contributed by atoms with E-state index < -0.39 is 5.82 Å². The first-order valence-corrected chi connectivity index (χ1v) is 7.31. The fourth-order valence-corrected chi connectivity index (χ4v) is 2.12. The number of carbonyl (C=O) groups excluding carboxylic acids is 1. The molecule has 1 aromatic heterocycles. The van der Waals surface area contributed by atoms with Crippen molar-refractivity contribution in [3.8, 4) is 0 Å². The van der Waals surface area contributed by atoms with Crippen LogP contribution >= 0.6 is 11.6 Å². The van der Waals surface area contributed by atoms with Crippen LogP contribution in [0.15, 0.2) is 24.4 Å². The maximum Gasteiger partial charge on any atom is 0.323 e. The largest absolute Gasteiger partial charge is 0.323 e. The molecule has 1 aromatic carbocycles. The highest BCUT2D eigenvalue weighted by molar-refractivity contribution is 6.31. The zero-order valence-corrected chi connectivity index (χ0v) is 13.1. The molecule has 0 aliphatic heterocycles. The van der Waals surface area contributed by atoms with Crippen LogP contribution in [0.3, 0.4) is 0 Å². The Morgan fingerprint density at radius 3 is 2.82 bits per heavy atom. The Morgan fingerprint density at radius 1 is 1.45 bits per heavy atom. The van der Waals surface area contributed by atoms with Gasteiger partial charge >= 0.3 is 6.03 Å². The van der Waals surface area contributed by atoms with Gasteiger partial charge in [-0.25, -0.2) is 9.18 Å². The number of rotatable bonds is 5. The molecule has 1 N–H and O–H groups in total. The van der Waals surface area contributed by atoms with E-state index in [1.54, 1.807) is 23.9 Å². The second-order valence-electron chi connectivity index (χ2n) is 4.60. The summed E-state index contributed by atoms with van der Waals surface area (Å²) in [6.07, 6.45) is 1.63. The van der Waals surface area contributed by atoms with Gasteiger partial charge in [-0.2, -0.15) is 0 Å². The van der Waals surface area contributed by atoms with Gasteiger partial charge in [0.2, 0.25) is 0 Å². The minimum absolute atomic E-state index is 0.0791. The zero-order chi connectivity index (χ0) is 16.1. The number of halogens is 2. The van der Waals surface area contributed by atoms with Gasteiger partial charge in [0.1, 0.15) is 5.82 Å². The highest BCUT2D eigenvalue weighted by Gasteiger charge is 2.17. The van der Waals surface area contributed by atoms with Gasteiger partial charge in [0.15, 0.2) is 5.82 Å².